The van der Waals surface area contributed by atoms with Crippen LogP contribution in [-0.2, 0) is 4.74 Å². The first-order valence-corrected chi connectivity index (χ1v) is 16.5. The Labute approximate surface area is 237 Å². The second-order valence-electron chi connectivity index (χ2n) is 10.5. The Kier molecular flexibility index (Phi) is 14.0. The van der Waals surface area contributed by atoms with Crippen LogP contribution in [0.25, 0.3) is 0 Å². The van der Waals surface area contributed by atoms with Crippen molar-refractivity contribution in [1.29, 1.82) is 0 Å². The Morgan fingerprint density at radius 2 is 0.973 bits per heavy atom. The van der Waals surface area contributed by atoms with Gasteiger partial charge in [-0.05, 0) is 74.9 Å². The number of hydrogen-bond donors (Lipinski definition) is 0. The van der Waals surface area contributed by atoms with E-state index in [1.165, 1.54) is 106 Å². The van der Waals surface area contributed by atoms with Crippen LogP contribution in [0.5, 0.6) is 0 Å². The molecule has 4 rings (SSSR count). The molecule has 1 nitrogen and oxygen atoms in total. The molecule has 3 aromatic carbocycles. The van der Waals surface area contributed by atoms with Gasteiger partial charge in [0.1, 0.15) is 23.2 Å². The summed E-state index contributed by atoms with van der Waals surface area (Å²) in [5.41, 5.74) is 0. The Morgan fingerprint density at radius 3 is 1.41 bits per heavy atom. The van der Waals surface area contributed by atoms with Gasteiger partial charge < -0.3 is 21.7 Å². The van der Waals surface area contributed by atoms with E-state index in [1.54, 1.807) is 0 Å². The van der Waals surface area contributed by atoms with Gasteiger partial charge >= 0.3 is 0 Å². The third kappa shape index (κ3) is 9.05. The summed E-state index contributed by atoms with van der Waals surface area (Å²) in [5, 5.41) is 4.54. The van der Waals surface area contributed by atoms with Crippen molar-refractivity contribution in [2.75, 3.05) is 12.8 Å². The van der Waals surface area contributed by atoms with E-state index in [0.29, 0.717) is 6.10 Å². The number of unbranched alkanes of at least 4 members (excludes halogenated alkanes) is 8. The van der Waals surface area contributed by atoms with Crippen molar-refractivity contribution in [3.63, 3.8) is 0 Å². The molecule has 1 heterocycles. The maximum absolute atomic E-state index is 5.87. The monoisotopic (exact) mass is 580 g/mol. The zero-order valence-corrected chi connectivity index (χ0v) is 25.1. The summed E-state index contributed by atoms with van der Waals surface area (Å²) in [5.74, 6) is 0. The minimum atomic E-state index is -1.65. The highest BCUT2D eigenvalue weighted by Crippen LogP contribution is 2.56. The average molecular weight is 582 g/mol. The van der Waals surface area contributed by atoms with Crippen LogP contribution < -0.4 is 32.9 Å². The summed E-state index contributed by atoms with van der Waals surface area (Å²) in [6, 6.07) is 34.0. The van der Waals surface area contributed by atoms with E-state index in [-0.39, 0.29) is 17.0 Å². The van der Waals surface area contributed by atoms with Crippen molar-refractivity contribution in [3.05, 3.63) is 91.0 Å². The molecule has 37 heavy (non-hydrogen) atoms. The van der Waals surface area contributed by atoms with Crippen LogP contribution in [0.3, 0.4) is 0 Å². The molecule has 1 aliphatic rings. The second-order valence-corrected chi connectivity index (χ2v) is 14.1. The lowest BCUT2D eigenvalue weighted by molar-refractivity contribution is -0.0000204. The molecule has 0 N–H and O–H groups in total. The summed E-state index contributed by atoms with van der Waals surface area (Å²) in [6.45, 7) is 0.996. The van der Waals surface area contributed by atoms with Gasteiger partial charge in [-0.2, -0.15) is 0 Å². The SMILES string of the molecule is [Br-].c1ccc([P+](CCCCCCCCCCCC2CCCCO2)(c2ccccc2)c2ccccc2)cc1. The van der Waals surface area contributed by atoms with Crippen LogP contribution >= 0.6 is 7.26 Å². The molecule has 1 fully saturated rings. The number of rotatable bonds is 15. The van der Waals surface area contributed by atoms with Crippen LogP contribution in [0.4, 0.5) is 0 Å². The molecule has 1 aliphatic heterocycles. The normalized spacial score (nSPS) is 15.7. The predicted molar refractivity (Wildman–Crippen MR) is 160 cm³/mol. The van der Waals surface area contributed by atoms with Crippen LogP contribution in [-0.4, -0.2) is 18.9 Å². The standard InChI is InChI=1S/C34H46OP.BrH/c1(2-4-6-11-21-31-22-18-19-29-35-31)3-5-7-20-30-36(32-23-12-8-13-24-32,33-25-14-9-15-26-33)34-27-16-10-17-28-34;/h8-10,12-17,23-28,31H,1-7,11,18-22,29-30H2;1H/q+1;/p-1. The fourth-order valence-corrected chi connectivity index (χ4v) is 10.3. The van der Waals surface area contributed by atoms with E-state index >= 15 is 0 Å². The van der Waals surface area contributed by atoms with Crippen LogP contribution in [0.1, 0.15) is 83.5 Å². The maximum atomic E-state index is 5.87. The minimum absolute atomic E-state index is 0. The molecule has 1 atom stereocenters. The molecule has 0 aromatic heterocycles. The number of ether oxygens (including phenoxy) is 1. The van der Waals surface area contributed by atoms with Gasteiger partial charge in [-0.1, -0.05) is 99.5 Å². The van der Waals surface area contributed by atoms with Crippen molar-refractivity contribution in [3.8, 4) is 0 Å². The Hall–Kier alpha value is -1.47. The number of benzene rings is 3. The zero-order chi connectivity index (χ0) is 24.7. The van der Waals surface area contributed by atoms with E-state index in [0.717, 1.165) is 6.61 Å². The molecule has 0 bridgehead atoms. The molecule has 3 heteroatoms. The number of hydrogen-bond acceptors (Lipinski definition) is 1. The lowest BCUT2D eigenvalue weighted by Crippen LogP contribution is -3.00. The molecular formula is C34H46BrOP. The summed E-state index contributed by atoms with van der Waals surface area (Å²) in [7, 11) is -1.65. The minimum Gasteiger partial charge on any atom is -1.00 e. The maximum Gasteiger partial charge on any atom is 0.112 e. The van der Waals surface area contributed by atoms with Gasteiger partial charge in [0.05, 0.1) is 12.3 Å². The Bertz CT molecular complexity index is 860. The summed E-state index contributed by atoms with van der Waals surface area (Å²) in [6.07, 6.45) is 19.4. The van der Waals surface area contributed by atoms with Gasteiger partial charge in [0, 0.05) is 6.61 Å². The first-order chi connectivity index (χ1) is 17.9. The Morgan fingerprint density at radius 1 is 0.541 bits per heavy atom. The van der Waals surface area contributed by atoms with Gasteiger partial charge in [-0.15, -0.1) is 0 Å². The number of halogens is 1. The fraction of sp³-hybridized carbons (Fsp3) is 0.471. The molecule has 0 spiro atoms. The van der Waals surface area contributed by atoms with Gasteiger partial charge in [-0.3, -0.25) is 0 Å². The topological polar surface area (TPSA) is 9.23 Å². The highest BCUT2D eigenvalue weighted by atomic mass is 79.9. The summed E-state index contributed by atoms with van der Waals surface area (Å²) < 4.78 is 5.87. The molecule has 200 valence electrons. The molecule has 0 amide bonds. The summed E-state index contributed by atoms with van der Waals surface area (Å²) >= 11 is 0. The van der Waals surface area contributed by atoms with Crippen molar-refractivity contribution in [2.45, 2.75) is 89.6 Å². The molecule has 0 aliphatic carbocycles. The van der Waals surface area contributed by atoms with Crippen LogP contribution in [0, 0.1) is 0 Å². The van der Waals surface area contributed by atoms with Gasteiger partial charge in [0.25, 0.3) is 0 Å². The third-order valence-electron chi connectivity index (χ3n) is 7.88. The van der Waals surface area contributed by atoms with E-state index in [9.17, 15) is 0 Å². The highest BCUT2D eigenvalue weighted by Gasteiger charge is 2.44. The predicted octanol–water partition coefficient (Wildman–Crippen LogP) is 5.45. The van der Waals surface area contributed by atoms with E-state index in [4.69, 9.17) is 4.74 Å². The molecule has 1 unspecified atom stereocenters. The smallest absolute Gasteiger partial charge is 0.112 e. The highest BCUT2D eigenvalue weighted by molar-refractivity contribution is 7.95. The lowest BCUT2D eigenvalue weighted by atomic mass is 10.0. The van der Waals surface area contributed by atoms with E-state index in [1.807, 2.05) is 0 Å². The molecule has 0 radical (unpaired) electrons. The third-order valence-corrected chi connectivity index (χ3v) is 12.4. The summed E-state index contributed by atoms with van der Waals surface area (Å²) in [4.78, 5) is 0. The Balaban J connectivity index is 0.00000380. The van der Waals surface area contributed by atoms with E-state index in [2.05, 4.69) is 91.0 Å². The molecular weight excluding hydrogens is 535 g/mol. The van der Waals surface area contributed by atoms with Crippen molar-refractivity contribution < 1.29 is 21.7 Å². The van der Waals surface area contributed by atoms with Crippen molar-refractivity contribution in [2.24, 2.45) is 0 Å². The zero-order valence-electron chi connectivity index (χ0n) is 22.6. The van der Waals surface area contributed by atoms with Crippen molar-refractivity contribution >= 4 is 23.2 Å². The molecule has 1 saturated heterocycles. The van der Waals surface area contributed by atoms with Crippen LogP contribution in [0.15, 0.2) is 91.0 Å². The molecule has 0 saturated carbocycles. The van der Waals surface area contributed by atoms with Crippen molar-refractivity contribution in [1.82, 2.24) is 0 Å². The molecule has 3 aromatic rings. The average Bonchev–Trinajstić information content (AvgIpc) is 2.96. The van der Waals surface area contributed by atoms with Gasteiger partial charge in [-0.25, -0.2) is 0 Å². The van der Waals surface area contributed by atoms with E-state index < -0.39 is 7.26 Å². The fourth-order valence-electron chi connectivity index (χ4n) is 5.88. The second kappa shape index (κ2) is 17.2. The first-order valence-electron chi connectivity index (χ1n) is 14.6. The van der Waals surface area contributed by atoms with Crippen LogP contribution in [0.2, 0.25) is 0 Å². The largest absolute Gasteiger partial charge is 1.00 e. The first kappa shape index (κ1) is 30.1. The quantitative estimate of drug-likeness (QED) is 0.171. The lowest BCUT2D eigenvalue weighted by Gasteiger charge is -2.27. The van der Waals surface area contributed by atoms with Gasteiger partial charge in [0.15, 0.2) is 0 Å². The van der Waals surface area contributed by atoms with Gasteiger partial charge in [0.2, 0.25) is 0 Å².